The van der Waals surface area contributed by atoms with Crippen LogP contribution < -0.4 is 0 Å². The maximum atomic E-state index is 12.0. The monoisotopic (exact) mass is 136 g/mol. The maximum absolute atomic E-state index is 12.0. The summed E-state index contributed by atoms with van der Waals surface area (Å²) in [5.41, 5.74) is 0. The van der Waals surface area contributed by atoms with Crippen molar-refractivity contribution in [1.29, 1.82) is 0 Å². The van der Waals surface area contributed by atoms with E-state index in [1.54, 1.807) is 0 Å². The molecule has 0 saturated carbocycles. The molecule has 0 aromatic rings. The first kappa shape index (κ1) is 8.86. The zero-order chi connectivity index (χ0) is 7.28. The molecule has 0 aromatic heterocycles. The predicted molar refractivity (Wildman–Crippen MR) is 35.0 cm³/mol. The molecule has 0 N–H and O–H groups in total. The van der Waals surface area contributed by atoms with Crippen molar-refractivity contribution >= 4 is 0 Å². The summed E-state index contributed by atoms with van der Waals surface area (Å²) in [6.07, 6.45) is 0.102. The van der Waals surface area contributed by atoms with Gasteiger partial charge in [-0.15, -0.1) is 0 Å². The molecule has 0 heterocycles. The minimum absolute atomic E-state index is 0.494. The van der Waals surface area contributed by atoms with Crippen LogP contribution in [0.15, 0.2) is 0 Å². The maximum Gasteiger partial charge on any atom is 0.0973 e. The van der Waals surface area contributed by atoms with Crippen molar-refractivity contribution in [1.82, 2.24) is 0 Å². The molecular weight excluding hydrogens is 122 g/mol. The summed E-state index contributed by atoms with van der Waals surface area (Å²) in [7, 11) is 0. The van der Waals surface area contributed by atoms with Crippen LogP contribution in [0, 0.1) is 0 Å². The summed E-state index contributed by atoms with van der Waals surface area (Å²) < 4.78 is 24.1. The molecule has 0 bridgehead atoms. The molecule has 9 heavy (non-hydrogen) atoms. The van der Waals surface area contributed by atoms with Gasteiger partial charge in [0.05, 0.1) is 12.3 Å². The Hall–Kier alpha value is -0.140. The second-order valence-electron chi connectivity index (χ2n) is 2.49. The highest BCUT2D eigenvalue weighted by atomic mass is 19.1. The fourth-order valence-electron chi connectivity index (χ4n) is 0.680. The van der Waals surface area contributed by atoms with Crippen LogP contribution in [0.2, 0.25) is 0 Å². The van der Waals surface area contributed by atoms with Crippen LogP contribution in [0.5, 0.6) is 0 Å². The minimum atomic E-state index is -0.774. The van der Waals surface area contributed by atoms with E-state index < -0.39 is 12.3 Å². The molecule has 0 aromatic carbocycles. The number of halogens is 2. The van der Waals surface area contributed by atoms with Crippen LogP contribution in [0.1, 0.15) is 33.1 Å². The van der Waals surface area contributed by atoms with Gasteiger partial charge in [0.2, 0.25) is 0 Å². The van der Waals surface area contributed by atoms with Gasteiger partial charge in [0.15, 0.2) is 0 Å². The van der Waals surface area contributed by atoms with Crippen molar-refractivity contribution in [2.75, 3.05) is 0 Å². The first-order valence-corrected chi connectivity index (χ1v) is 3.41. The van der Waals surface area contributed by atoms with Crippen LogP contribution in [0.4, 0.5) is 8.78 Å². The van der Waals surface area contributed by atoms with Crippen LogP contribution in [-0.4, -0.2) is 12.3 Å². The smallest absolute Gasteiger partial charge is 0.0973 e. The van der Waals surface area contributed by atoms with Gasteiger partial charge < -0.3 is 0 Å². The Morgan fingerprint density at radius 1 is 1.00 bits per heavy atom. The van der Waals surface area contributed by atoms with Gasteiger partial charge in [-0.1, -0.05) is 0 Å². The SMILES string of the molecule is CC(F)CCCC(C)F. The first-order valence-electron chi connectivity index (χ1n) is 3.41. The first-order chi connectivity index (χ1) is 4.13. The Morgan fingerprint density at radius 3 is 1.56 bits per heavy atom. The molecule has 0 amide bonds. The summed E-state index contributed by atoms with van der Waals surface area (Å²) in [4.78, 5) is 0. The van der Waals surface area contributed by atoms with Crippen molar-refractivity contribution in [3.8, 4) is 0 Å². The van der Waals surface area contributed by atoms with E-state index in [0.29, 0.717) is 19.3 Å². The van der Waals surface area contributed by atoms with Crippen LogP contribution in [0.25, 0.3) is 0 Å². The third kappa shape index (κ3) is 7.86. The molecule has 0 fully saturated rings. The largest absolute Gasteiger partial charge is 0.248 e. The molecule has 2 unspecified atom stereocenters. The molecule has 0 radical (unpaired) electrons. The molecule has 0 spiro atoms. The lowest BCUT2D eigenvalue weighted by Crippen LogP contribution is -1.96. The Kier molecular flexibility index (Phi) is 4.64. The molecule has 0 rings (SSSR count). The third-order valence-corrected chi connectivity index (χ3v) is 1.20. The highest BCUT2D eigenvalue weighted by Crippen LogP contribution is 2.07. The van der Waals surface area contributed by atoms with E-state index in [1.165, 1.54) is 13.8 Å². The van der Waals surface area contributed by atoms with Crippen molar-refractivity contribution in [3.05, 3.63) is 0 Å². The average Bonchev–Trinajstić information content (AvgIpc) is 1.63. The zero-order valence-corrected chi connectivity index (χ0v) is 6.03. The molecule has 2 heteroatoms. The van der Waals surface area contributed by atoms with Gasteiger partial charge in [0.25, 0.3) is 0 Å². The lowest BCUT2D eigenvalue weighted by Gasteiger charge is -2.01. The van der Waals surface area contributed by atoms with E-state index in [1.807, 2.05) is 0 Å². The number of hydrogen-bond acceptors (Lipinski definition) is 0. The van der Waals surface area contributed by atoms with Gasteiger partial charge in [-0.25, -0.2) is 8.78 Å². The summed E-state index contributed by atoms with van der Waals surface area (Å²) in [5.74, 6) is 0. The van der Waals surface area contributed by atoms with E-state index in [4.69, 9.17) is 0 Å². The fourth-order valence-corrected chi connectivity index (χ4v) is 0.680. The summed E-state index contributed by atoms with van der Waals surface area (Å²) in [6, 6.07) is 0. The molecule has 0 aliphatic carbocycles. The summed E-state index contributed by atoms with van der Waals surface area (Å²) in [5, 5.41) is 0. The quantitative estimate of drug-likeness (QED) is 0.557. The topological polar surface area (TPSA) is 0 Å². The Labute approximate surface area is 55.3 Å². The Morgan fingerprint density at radius 2 is 1.33 bits per heavy atom. The standard InChI is InChI=1S/C7H14F2/c1-6(8)4-3-5-7(2)9/h6-7H,3-5H2,1-2H3. The van der Waals surface area contributed by atoms with Gasteiger partial charge in [-0.3, -0.25) is 0 Å². The van der Waals surface area contributed by atoms with E-state index in [2.05, 4.69) is 0 Å². The van der Waals surface area contributed by atoms with Gasteiger partial charge in [-0.05, 0) is 33.1 Å². The third-order valence-electron chi connectivity index (χ3n) is 1.20. The van der Waals surface area contributed by atoms with Crippen LogP contribution in [-0.2, 0) is 0 Å². The second-order valence-corrected chi connectivity index (χ2v) is 2.49. The number of alkyl halides is 2. The zero-order valence-electron chi connectivity index (χ0n) is 6.03. The van der Waals surface area contributed by atoms with Gasteiger partial charge in [-0.2, -0.15) is 0 Å². The van der Waals surface area contributed by atoms with Crippen molar-refractivity contribution < 1.29 is 8.78 Å². The van der Waals surface area contributed by atoms with Gasteiger partial charge >= 0.3 is 0 Å². The van der Waals surface area contributed by atoms with Gasteiger partial charge in [0.1, 0.15) is 0 Å². The highest BCUT2D eigenvalue weighted by Gasteiger charge is 2.00. The number of rotatable bonds is 4. The Balaban J connectivity index is 2.91. The van der Waals surface area contributed by atoms with E-state index >= 15 is 0 Å². The van der Waals surface area contributed by atoms with E-state index in [0.717, 1.165) is 0 Å². The molecule has 0 saturated heterocycles. The molecule has 56 valence electrons. The van der Waals surface area contributed by atoms with Crippen LogP contribution in [0.3, 0.4) is 0 Å². The van der Waals surface area contributed by atoms with Gasteiger partial charge in [0, 0.05) is 0 Å². The molecule has 2 atom stereocenters. The number of hydrogen-bond donors (Lipinski definition) is 0. The predicted octanol–water partition coefficient (Wildman–Crippen LogP) is 2.87. The minimum Gasteiger partial charge on any atom is -0.248 e. The molecule has 0 aliphatic rings. The van der Waals surface area contributed by atoms with Crippen molar-refractivity contribution in [2.45, 2.75) is 45.5 Å². The van der Waals surface area contributed by atoms with E-state index in [-0.39, 0.29) is 0 Å². The van der Waals surface area contributed by atoms with Crippen molar-refractivity contribution in [2.24, 2.45) is 0 Å². The fraction of sp³-hybridized carbons (Fsp3) is 1.00. The van der Waals surface area contributed by atoms with Crippen LogP contribution >= 0.6 is 0 Å². The van der Waals surface area contributed by atoms with E-state index in [9.17, 15) is 8.78 Å². The molecule has 0 aliphatic heterocycles. The molecule has 0 nitrogen and oxygen atoms in total. The summed E-state index contributed by atoms with van der Waals surface area (Å²) in [6.45, 7) is 3.01. The lowest BCUT2D eigenvalue weighted by molar-refractivity contribution is 0.292. The Bertz CT molecular complexity index is 51.9. The lowest BCUT2D eigenvalue weighted by atomic mass is 10.1. The molecular formula is C7H14F2. The normalized spacial score (nSPS) is 17.3. The average molecular weight is 136 g/mol. The summed E-state index contributed by atoms with van der Waals surface area (Å²) >= 11 is 0. The van der Waals surface area contributed by atoms with Crippen molar-refractivity contribution in [3.63, 3.8) is 0 Å². The second kappa shape index (κ2) is 4.71. The highest BCUT2D eigenvalue weighted by molar-refractivity contribution is 4.52.